The van der Waals surface area contributed by atoms with Gasteiger partial charge >= 0.3 is 0 Å². The molecule has 0 radical (unpaired) electrons. The smallest absolute Gasteiger partial charge is 0.224 e. The van der Waals surface area contributed by atoms with Crippen molar-refractivity contribution >= 4 is 33.0 Å². The molecule has 1 aromatic heterocycles. The van der Waals surface area contributed by atoms with Crippen molar-refractivity contribution in [1.82, 2.24) is 9.55 Å². The third-order valence-corrected chi connectivity index (χ3v) is 5.99. The standard InChI is InChI=1S/C17H22Cl2N2O3S/c1-4-6-21-15(5-7-22)20-16(11(2)3)17(21)25(23,24)14-9-12(18)8-13(19)10-14/h8-11,22H,4-7H2,1-3H3. The van der Waals surface area contributed by atoms with Gasteiger partial charge in [-0.1, -0.05) is 44.0 Å². The molecule has 2 rings (SSSR count). The van der Waals surface area contributed by atoms with Gasteiger partial charge in [-0.15, -0.1) is 0 Å². The maximum Gasteiger partial charge on any atom is 0.224 e. The van der Waals surface area contributed by atoms with Gasteiger partial charge in [-0.2, -0.15) is 0 Å². The van der Waals surface area contributed by atoms with Crippen molar-refractivity contribution in [2.45, 2.75) is 56.0 Å². The summed E-state index contributed by atoms with van der Waals surface area (Å²) in [6.45, 7) is 6.15. The fourth-order valence-electron chi connectivity index (χ4n) is 2.70. The minimum Gasteiger partial charge on any atom is -0.396 e. The van der Waals surface area contributed by atoms with Crippen molar-refractivity contribution in [2.75, 3.05) is 6.61 Å². The zero-order valence-electron chi connectivity index (χ0n) is 14.5. The number of nitrogens with zero attached hydrogens (tertiary/aromatic N) is 2. The highest BCUT2D eigenvalue weighted by Gasteiger charge is 2.31. The number of aliphatic hydroxyl groups excluding tert-OH is 1. The van der Waals surface area contributed by atoms with E-state index >= 15 is 0 Å². The predicted octanol–water partition coefficient (Wildman–Crippen LogP) is 4.09. The van der Waals surface area contributed by atoms with Crippen LogP contribution < -0.4 is 0 Å². The molecule has 0 aliphatic heterocycles. The predicted molar refractivity (Wildman–Crippen MR) is 99.3 cm³/mol. The summed E-state index contributed by atoms with van der Waals surface area (Å²) in [7, 11) is -3.86. The zero-order valence-corrected chi connectivity index (χ0v) is 16.8. The Morgan fingerprint density at radius 2 is 1.80 bits per heavy atom. The van der Waals surface area contributed by atoms with E-state index in [9.17, 15) is 13.5 Å². The van der Waals surface area contributed by atoms with Gasteiger partial charge in [0.2, 0.25) is 9.84 Å². The molecular formula is C17H22Cl2N2O3S. The molecule has 1 heterocycles. The second-order valence-electron chi connectivity index (χ2n) is 6.11. The van der Waals surface area contributed by atoms with E-state index in [1.807, 2.05) is 20.8 Å². The summed E-state index contributed by atoms with van der Waals surface area (Å²) in [5, 5.41) is 9.98. The Morgan fingerprint density at radius 1 is 1.20 bits per heavy atom. The maximum atomic E-state index is 13.3. The van der Waals surface area contributed by atoms with Crippen LogP contribution in [-0.2, 0) is 22.8 Å². The molecule has 0 amide bonds. The van der Waals surface area contributed by atoms with Crippen LogP contribution in [-0.4, -0.2) is 29.7 Å². The number of benzene rings is 1. The second-order valence-corrected chi connectivity index (χ2v) is 8.84. The van der Waals surface area contributed by atoms with Crippen LogP contribution in [0.4, 0.5) is 0 Å². The first kappa shape index (κ1) is 20.2. The van der Waals surface area contributed by atoms with Gasteiger partial charge in [-0.05, 0) is 30.5 Å². The highest BCUT2D eigenvalue weighted by molar-refractivity contribution is 7.91. The van der Waals surface area contributed by atoms with Crippen molar-refractivity contribution in [3.8, 4) is 0 Å². The van der Waals surface area contributed by atoms with Gasteiger partial charge < -0.3 is 9.67 Å². The molecule has 0 spiro atoms. The van der Waals surface area contributed by atoms with Gasteiger partial charge in [0.05, 0.1) is 17.2 Å². The van der Waals surface area contributed by atoms with E-state index in [1.54, 1.807) is 4.57 Å². The molecule has 0 unspecified atom stereocenters. The highest BCUT2D eigenvalue weighted by Crippen LogP contribution is 2.32. The van der Waals surface area contributed by atoms with Crippen LogP contribution in [0.2, 0.25) is 10.0 Å². The SMILES string of the molecule is CCCn1c(CCO)nc(C(C)C)c1S(=O)(=O)c1cc(Cl)cc(Cl)c1. The zero-order chi connectivity index (χ0) is 18.8. The van der Waals surface area contributed by atoms with Crippen LogP contribution in [0.25, 0.3) is 0 Å². The molecular weight excluding hydrogens is 383 g/mol. The van der Waals surface area contributed by atoms with Gasteiger partial charge in [-0.25, -0.2) is 13.4 Å². The number of sulfone groups is 1. The molecule has 2 aromatic rings. The minimum atomic E-state index is -3.86. The van der Waals surface area contributed by atoms with Gasteiger partial charge in [0.1, 0.15) is 5.82 Å². The molecule has 0 aliphatic carbocycles. The lowest BCUT2D eigenvalue weighted by molar-refractivity contribution is 0.294. The van der Waals surface area contributed by atoms with E-state index in [-0.39, 0.29) is 32.5 Å². The summed E-state index contributed by atoms with van der Waals surface area (Å²) >= 11 is 12.0. The molecule has 0 saturated carbocycles. The highest BCUT2D eigenvalue weighted by atomic mass is 35.5. The number of rotatable bonds is 7. The molecule has 5 nitrogen and oxygen atoms in total. The average Bonchev–Trinajstić information content (AvgIpc) is 2.87. The lowest BCUT2D eigenvalue weighted by atomic mass is 10.1. The molecule has 0 fully saturated rings. The topological polar surface area (TPSA) is 72.2 Å². The van der Waals surface area contributed by atoms with Crippen molar-refractivity contribution in [1.29, 1.82) is 0 Å². The number of halogens is 2. The van der Waals surface area contributed by atoms with E-state index in [1.165, 1.54) is 18.2 Å². The maximum absolute atomic E-state index is 13.3. The van der Waals surface area contributed by atoms with Gasteiger partial charge in [0, 0.05) is 23.0 Å². The number of imidazole rings is 1. The Hall–Kier alpha value is -1.08. The molecule has 8 heteroatoms. The number of hydrogen-bond donors (Lipinski definition) is 1. The molecule has 0 saturated heterocycles. The molecule has 1 N–H and O–H groups in total. The van der Waals surface area contributed by atoms with Crippen molar-refractivity contribution in [2.24, 2.45) is 0 Å². The van der Waals surface area contributed by atoms with E-state index in [0.29, 0.717) is 24.5 Å². The summed E-state index contributed by atoms with van der Waals surface area (Å²) < 4.78 is 28.4. The Bertz CT molecular complexity index is 841. The largest absolute Gasteiger partial charge is 0.396 e. The third kappa shape index (κ3) is 4.19. The van der Waals surface area contributed by atoms with Crippen LogP contribution >= 0.6 is 23.2 Å². The fraction of sp³-hybridized carbons (Fsp3) is 0.471. The van der Waals surface area contributed by atoms with Crippen molar-refractivity contribution in [3.63, 3.8) is 0 Å². The summed E-state index contributed by atoms with van der Waals surface area (Å²) in [5.41, 5.74) is 0.494. The monoisotopic (exact) mass is 404 g/mol. The van der Waals surface area contributed by atoms with Crippen molar-refractivity contribution in [3.05, 3.63) is 39.8 Å². The van der Waals surface area contributed by atoms with Crippen LogP contribution in [0.3, 0.4) is 0 Å². The Morgan fingerprint density at radius 3 is 2.28 bits per heavy atom. The van der Waals surface area contributed by atoms with E-state index in [2.05, 4.69) is 4.98 Å². The summed E-state index contributed by atoms with van der Waals surface area (Å²) in [6, 6.07) is 4.27. The molecule has 1 aromatic carbocycles. The van der Waals surface area contributed by atoms with Crippen LogP contribution in [0.5, 0.6) is 0 Å². The Labute approximate surface area is 158 Å². The average molecular weight is 405 g/mol. The lowest BCUT2D eigenvalue weighted by Crippen LogP contribution is -2.15. The van der Waals surface area contributed by atoms with Gasteiger partial charge in [0.15, 0.2) is 5.03 Å². The Kier molecular flexibility index (Phi) is 6.54. The summed E-state index contributed by atoms with van der Waals surface area (Å²) in [6.07, 6.45) is 1.04. The van der Waals surface area contributed by atoms with E-state index in [4.69, 9.17) is 23.2 Å². The minimum absolute atomic E-state index is 0.0414. The van der Waals surface area contributed by atoms with Crippen molar-refractivity contribution < 1.29 is 13.5 Å². The quantitative estimate of drug-likeness (QED) is 0.753. The fourth-order valence-corrected chi connectivity index (χ4v) is 5.19. The first-order valence-corrected chi connectivity index (χ1v) is 10.4. The van der Waals surface area contributed by atoms with Crippen LogP contribution in [0, 0.1) is 0 Å². The summed E-state index contributed by atoms with van der Waals surface area (Å²) in [5.74, 6) is 0.481. The van der Waals surface area contributed by atoms with Gasteiger partial charge in [-0.3, -0.25) is 0 Å². The molecule has 0 aliphatic rings. The normalized spacial score (nSPS) is 12.1. The molecule has 0 bridgehead atoms. The summed E-state index contributed by atoms with van der Waals surface area (Å²) in [4.78, 5) is 4.55. The van der Waals surface area contributed by atoms with Gasteiger partial charge in [0.25, 0.3) is 0 Å². The Balaban J connectivity index is 2.77. The number of aromatic nitrogens is 2. The first-order chi connectivity index (χ1) is 11.7. The molecule has 138 valence electrons. The van der Waals surface area contributed by atoms with Crippen LogP contribution in [0.15, 0.2) is 28.1 Å². The third-order valence-electron chi connectivity index (χ3n) is 3.76. The number of aliphatic hydroxyl groups is 1. The number of hydrogen-bond acceptors (Lipinski definition) is 4. The lowest BCUT2D eigenvalue weighted by Gasteiger charge is -2.14. The second kappa shape index (κ2) is 8.08. The molecule has 0 atom stereocenters. The van der Waals surface area contributed by atoms with E-state index < -0.39 is 9.84 Å². The van der Waals surface area contributed by atoms with E-state index in [0.717, 1.165) is 6.42 Å². The van der Waals surface area contributed by atoms with Crippen LogP contribution in [0.1, 0.15) is 44.6 Å². The first-order valence-electron chi connectivity index (χ1n) is 8.13. The molecule has 25 heavy (non-hydrogen) atoms.